The molecular weight excluding hydrogens is 418 g/mol. The number of hydrogen-bond donors (Lipinski definition) is 1. The molecular formula is C27H15NO3S. The maximum Gasteiger partial charge on any atom is 0.197 e. The Bertz CT molecular complexity index is 1650. The normalized spacial score (nSPS) is 12.8. The summed E-state index contributed by atoms with van der Waals surface area (Å²) >= 11 is 1.46. The molecule has 0 saturated carbocycles. The van der Waals surface area contributed by atoms with Crippen molar-refractivity contribution in [2.24, 2.45) is 0 Å². The molecule has 0 spiro atoms. The van der Waals surface area contributed by atoms with Gasteiger partial charge < -0.3 is 4.98 Å². The third-order valence-corrected chi connectivity index (χ3v) is 6.89. The minimum absolute atomic E-state index is 0.156. The van der Waals surface area contributed by atoms with Crippen molar-refractivity contribution >= 4 is 45.1 Å². The highest BCUT2D eigenvalue weighted by molar-refractivity contribution is 7.99. The van der Waals surface area contributed by atoms with Crippen LogP contribution in [0.3, 0.4) is 0 Å². The minimum Gasteiger partial charge on any atom is -0.354 e. The number of para-hydroxylation sites is 1. The van der Waals surface area contributed by atoms with Crippen LogP contribution >= 0.6 is 11.8 Å². The van der Waals surface area contributed by atoms with E-state index in [0.717, 1.165) is 9.79 Å². The van der Waals surface area contributed by atoms with Crippen LogP contribution < -0.4 is 5.43 Å². The lowest BCUT2D eigenvalue weighted by Gasteiger charge is -2.21. The molecule has 0 radical (unpaired) electrons. The standard InChI is InChI=1S/C27H15NO3S/c29-25-16-9-4-5-11-20(16)28-24-19(25)14-13-18-23(24)27(31)17-10-6-12-21(22(17)26(18)30)32-15-7-2-1-3-8-15/h1-14H,(H,28,29). The molecule has 6 rings (SSSR count). The molecule has 1 N–H and O–H groups in total. The van der Waals surface area contributed by atoms with Crippen molar-refractivity contribution in [1.82, 2.24) is 4.98 Å². The Hall–Kier alpha value is -3.96. The van der Waals surface area contributed by atoms with Gasteiger partial charge in [0.1, 0.15) is 0 Å². The van der Waals surface area contributed by atoms with Gasteiger partial charge in [-0.25, -0.2) is 0 Å². The predicted octanol–water partition coefficient (Wildman–Crippen LogP) is 5.61. The molecule has 4 aromatic carbocycles. The molecule has 1 heterocycles. The van der Waals surface area contributed by atoms with Crippen LogP contribution in [-0.4, -0.2) is 16.6 Å². The minimum atomic E-state index is -0.248. The van der Waals surface area contributed by atoms with Crippen molar-refractivity contribution in [3.05, 3.63) is 117 Å². The van der Waals surface area contributed by atoms with Crippen molar-refractivity contribution in [2.75, 3.05) is 0 Å². The second kappa shape index (κ2) is 7.04. The summed E-state index contributed by atoms with van der Waals surface area (Å²) in [5.41, 5.74) is 2.27. The van der Waals surface area contributed by atoms with E-state index in [1.54, 1.807) is 42.5 Å². The number of benzene rings is 4. The fourth-order valence-electron chi connectivity index (χ4n) is 4.34. The molecule has 0 unspecified atom stereocenters. The number of H-pyrrole nitrogens is 1. The summed E-state index contributed by atoms with van der Waals surface area (Å²) in [6.45, 7) is 0. The van der Waals surface area contributed by atoms with Crippen molar-refractivity contribution < 1.29 is 9.59 Å². The maximum atomic E-state index is 13.6. The number of hydrogen-bond acceptors (Lipinski definition) is 4. The van der Waals surface area contributed by atoms with Gasteiger partial charge in [0, 0.05) is 42.8 Å². The Morgan fingerprint density at radius 1 is 0.594 bits per heavy atom. The van der Waals surface area contributed by atoms with E-state index in [9.17, 15) is 14.4 Å². The van der Waals surface area contributed by atoms with Crippen LogP contribution in [0, 0.1) is 0 Å². The number of aromatic amines is 1. The van der Waals surface area contributed by atoms with Crippen LogP contribution in [0.25, 0.3) is 21.8 Å². The zero-order chi connectivity index (χ0) is 21.8. The topological polar surface area (TPSA) is 67.0 Å². The zero-order valence-corrected chi connectivity index (χ0v) is 17.5. The number of fused-ring (bicyclic) bond motifs is 5. The molecule has 0 bridgehead atoms. The number of carbonyl (C=O) groups excluding carboxylic acids is 2. The van der Waals surface area contributed by atoms with Gasteiger partial charge in [-0.05, 0) is 42.5 Å². The molecule has 0 saturated heterocycles. The van der Waals surface area contributed by atoms with Gasteiger partial charge in [0.05, 0.1) is 11.1 Å². The van der Waals surface area contributed by atoms with Crippen LogP contribution in [0.4, 0.5) is 0 Å². The van der Waals surface area contributed by atoms with Gasteiger partial charge >= 0.3 is 0 Å². The lowest BCUT2D eigenvalue weighted by molar-refractivity contribution is 0.0978. The monoisotopic (exact) mass is 433 g/mol. The average Bonchev–Trinajstić information content (AvgIpc) is 2.83. The van der Waals surface area contributed by atoms with Gasteiger partial charge in [-0.15, -0.1) is 0 Å². The summed E-state index contributed by atoms with van der Waals surface area (Å²) in [6.07, 6.45) is 0. The first kappa shape index (κ1) is 18.8. The summed E-state index contributed by atoms with van der Waals surface area (Å²) < 4.78 is 0. The van der Waals surface area contributed by atoms with Crippen LogP contribution in [0.5, 0.6) is 0 Å². The first-order chi connectivity index (χ1) is 15.6. The van der Waals surface area contributed by atoms with Crippen LogP contribution in [0.1, 0.15) is 31.8 Å². The Labute approximate surface area is 186 Å². The SMILES string of the molecule is O=C1c2ccc3c(=O)c4ccccc4[nH]c3c2C(=O)c2cccc(Sc3ccccc3)c21. The third-order valence-electron chi connectivity index (χ3n) is 5.82. The molecule has 4 nitrogen and oxygen atoms in total. The van der Waals surface area contributed by atoms with E-state index in [-0.39, 0.29) is 22.6 Å². The molecule has 1 aromatic heterocycles. The smallest absolute Gasteiger partial charge is 0.197 e. The van der Waals surface area contributed by atoms with E-state index in [2.05, 4.69) is 4.98 Å². The molecule has 0 fully saturated rings. The summed E-state index contributed by atoms with van der Waals surface area (Å²) in [6, 6.07) is 25.5. The molecule has 1 aliphatic carbocycles. The molecule has 5 aromatic rings. The van der Waals surface area contributed by atoms with Gasteiger partial charge in [0.2, 0.25) is 0 Å². The number of pyridine rings is 1. The first-order valence-corrected chi connectivity index (χ1v) is 11.0. The largest absolute Gasteiger partial charge is 0.354 e. The van der Waals surface area contributed by atoms with Crippen molar-refractivity contribution in [1.29, 1.82) is 0 Å². The van der Waals surface area contributed by atoms with Gasteiger partial charge in [-0.1, -0.05) is 54.2 Å². The highest BCUT2D eigenvalue weighted by Crippen LogP contribution is 2.38. The second-order valence-electron chi connectivity index (χ2n) is 7.66. The Kier molecular flexibility index (Phi) is 4.13. The number of nitrogens with one attached hydrogen (secondary N) is 1. The fourth-order valence-corrected chi connectivity index (χ4v) is 5.34. The van der Waals surface area contributed by atoms with E-state index in [4.69, 9.17) is 0 Å². The van der Waals surface area contributed by atoms with E-state index in [1.807, 2.05) is 42.5 Å². The lowest BCUT2D eigenvalue weighted by atomic mass is 9.82. The predicted molar refractivity (Wildman–Crippen MR) is 126 cm³/mol. The van der Waals surface area contributed by atoms with E-state index in [0.29, 0.717) is 38.5 Å². The summed E-state index contributed by atoms with van der Waals surface area (Å²) in [5.74, 6) is -0.453. The number of rotatable bonds is 2. The van der Waals surface area contributed by atoms with E-state index < -0.39 is 0 Å². The highest BCUT2D eigenvalue weighted by atomic mass is 32.2. The summed E-state index contributed by atoms with van der Waals surface area (Å²) in [7, 11) is 0. The van der Waals surface area contributed by atoms with Gasteiger partial charge in [-0.2, -0.15) is 0 Å². The van der Waals surface area contributed by atoms with Crippen molar-refractivity contribution in [3.8, 4) is 0 Å². The Morgan fingerprint density at radius 3 is 2.16 bits per heavy atom. The quantitative estimate of drug-likeness (QED) is 0.361. The molecule has 32 heavy (non-hydrogen) atoms. The molecule has 0 aliphatic heterocycles. The fraction of sp³-hybridized carbons (Fsp3) is 0. The van der Waals surface area contributed by atoms with Crippen LogP contribution in [0.15, 0.2) is 99.5 Å². The molecule has 5 heteroatoms. The average molecular weight is 433 g/mol. The van der Waals surface area contributed by atoms with E-state index >= 15 is 0 Å². The molecule has 0 amide bonds. The van der Waals surface area contributed by atoms with Crippen molar-refractivity contribution in [3.63, 3.8) is 0 Å². The molecule has 0 atom stereocenters. The number of carbonyl (C=O) groups is 2. The lowest BCUT2D eigenvalue weighted by Crippen LogP contribution is -2.23. The third kappa shape index (κ3) is 2.68. The second-order valence-corrected chi connectivity index (χ2v) is 8.78. The zero-order valence-electron chi connectivity index (χ0n) is 16.7. The molecule has 1 aliphatic rings. The number of aromatic nitrogens is 1. The van der Waals surface area contributed by atoms with Gasteiger partial charge in [0.25, 0.3) is 0 Å². The Balaban J connectivity index is 1.60. The van der Waals surface area contributed by atoms with Gasteiger partial charge in [-0.3, -0.25) is 14.4 Å². The highest BCUT2D eigenvalue weighted by Gasteiger charge is 2.34. The number of ketones is 2. The van der Waals surface area contributed by atoms with Crippen molar-refractivity contribution in [2.45, 2.75) is 9.79 Å². The van der Waals surface area contributed by atoms with Crippen LogP contribution in [0.2, 0.25) is 0 Å². The molecule has 152 valence electrons. The van der Waals surface area contributed by atoms with Crippen LogP contribution in [-0.2, 0) is 0 Å². The summed E-state index contributed by atoms with van der Waals surface area (Å²) in [4.78, 5) is 45.2. The first-order valence-electron chi connectivity index (χ1n) is 10.2. The Morgan fingerprint density at radius 2 is 1.31 bits per heavy atom. The van der Waals surface area contributed by atoms with E-state index in [1.165, 1.54) is 11.8 Å². The maximum absolute atomic E-state index is 13.6. The summed E-state index contributed by atoms with van der Waals surface area (Å²) in [5, 5.41) is 0.957. The van der Waals surface area contributed by atoms with Gasteiger partial charge in [0.15, 0.2) is 17.0 Å².